The van der Waals surface area contributed by atoms with E-state index in [2.05, 4.69) is 51.8 Å². The summed E-state index contributed by atoms with van der Waals surface area (Å²) in [6, 6.07) is 10.5. The second kappa shape index (κ2) is 8.96. The van der Waals surface area contributed by atoms with Crippen LogP contribution in [0.5, 0.6) is 6.01 Å². The first-order valence-electron chi connectivity index (χ1n) is 11.1. The van der Waals surface area contributed by atoms with E-state index in [1.54, 1.807) is 10.7 Å². The predicted octanol–water partition coefficient (Wildman–Crippen LogP) is 3.18. The van der Waals surface area contributed by atoms with Gasteiger partial charge < -0.3 is 15.4 Å². The molecule has 3 aromatic heterocycles. The Balaban J connectivity index is 1.46. The maximum absolute atomic E-state index is 6.16. The number of piperidine rings is 1. The van der Waals surface area contributed by atoms with Gasteiger partial charge in [0.05, 0.1) is 11.9 Å². The molecule has 0 unspecified atom stereocenters. The smallest absolute Gasteiger partial charge is 0.322 e. The minimum atomic E-state index is 0.0741. The van der Waals surface area contributed by atoms with Gasteiger partial charge in [0, 0.05) is 31.0 Å². The molecule has 0 amide bonds. The van der Waals surface area contributed by atoms with Gasteiger partial charge >= 0.3 is 6.01 Å². The lowest BCUT2D eigenvalue weighted by Gasteiger charge is -2.23. The molecule has 1 fully saturated rings. The summed E-state index contributed by atoms with van der Waals surface area (Å²) in [4.78, 5) is 9.39. The first-order valence-corrected chi connectivity index (χ1v) is 11.1. The molecular formula is C23H28N8O. The topological polar surface area (TPSA) is 94.2 Å². The molecule has 1 atom stereocenters. The Kier molecular flexibility index (Phi) is 5.72. The summed E-state index contributed by atoms with van der Waals surface area (Å²) >= 11 is 0. The van der Waals surface area contributed by atoms with Gasteiger partial charge in [-0.15, -0.1) is 0 Å². The average Bonchev–Trinajstić information content (AvgIpc) is 3.49. The number of hydrogen-bond acceptors (Lipinski definition) is 7. The minimum Gasteiger partial charge on any atom is -0.459 e. The molecule has 5 rings (SSSR count). The minimum absolute atomic E-state index is 0.0741. The number of para-hydroxylation sites is 1. The van der Waals surface area contributed by atoms with Crippen molar-refractivity contribution in [2.45, 2.75) is 45.3 Å². The van der Waals surface area contributed by atoms with Crippen LogP contribution < -0.4 is 15.4 Å². The molecular weight excluding hydrogens is 404 g/mol. The van der Waals surface area contributed by atoms with E-state index >= 15 is 0 Å². The number of anilines is 1. The van der Waals surface area contributed by atoms with Crippen molar-refractivity contribution >= 4 is 11.6 Å². The van der Waals surface area contributed by atoms with Crippen LogP contribution in [0.4, 0.5) is 5.95 Å². The highest BCUT2D eigenvalue weighted by molar-refractivity contribution is 5.53. The molecule has 0 bridgehead atoms. The summed E-state index contributed by atoms with van der Waals surface area (Å²) in [5.41, 5.74) is 3.96. The largest absolute Gasteiger partial charge is 0.459 e. The van der Waals surface area contributed by atoms with Gasteiger partial charge in [-0.05, 0) is 43.0 Å². The van der Waals surface area contributed by atoms with E-state index in [-0.39, 0.29) is 6.10 Å². The average molecular weight is 433 g/mol. The molecule has 9 nitrogen and oxygen atoms in total. The van der Waals surface area contributed by atoms with E-state index in [0.717, 1.165) is 48.4 Å². The Bertz CT molecular complexity index is 1180. The molecule has 1 aliphatic rings. The fourth-order valence-corrected chi connectivity index (χ4v) is 3.99. The zero-order valence-electron chi connectivity index (χ0n) is 18.4. The molecule has 1 saturated heterocycles. The fourth-order valence-electron chi connectivity index (χ4n) is 3.99. The summed E-state index contributed by atoms with van der Waals surface area (Å²) in [6.45, 7) is 6.67. The van der Waals surface area contributed by atoms with Crippen LogP contribution in [0.3, 0.4) is 0 Å². The fraction of sp³-hybridized carbons (Fsp3) is 0.391. The van der Waals surface area contributed by atoms with E-state index in [9.17, 15) is 0 Å². The normalized spacial score (nSPS) is 16.5. The summed E-state index contributed by atoms with van der Waals surface area (Å²) in [7, 11) is 0. The van der Waals surface area contributed by atoms with Gasteiger partial charge in [0.2, 0.25) is 5.95 Å². The zero-order valence-corrected chi connectivity index (χ0v) is 18.4. The predicted molar refractivity (Wildman–Crippen MR) is 122 cm³/mol. The summed E-state index contributed by atoms with van der Waals surface area (Å²) in [5, 5.41) is 15.8. The maximum Gasteiger partial charge on any atom is 0.322 e. The van der Waals surface area contributed by atoms with Crippen molar-refractivity contribution in [2.75, 3.05) is 18.4 Å². The number of nitrogens with one attached hydrogen (secondary N) is 2. The number of nitrogens with zero attached hydrogens (tertiary/aromatic N) is 6. The highest BCUT2D eigenvalue weighted by Crippen LogP contribution is 2.24. The maximum atomic E-state index is 6.16. The Labute approximate surface area is 186 Å². The zero-order chi connectivity index (χ0) is 21.9. The third-order valence-corrected chi connectivity index (χ3v) is 5.70. The van der Waals surface area contributed by atoms with E-state index in [1.165, 1.54) is 0 Å². The number of benzene rings is 1. The Hall–Kier alpha value is -3.46. The Morgan fingerprint density at radius 3 is 2.88 bits per heavy atom. The van der Waals surface area contributed by atoms with E-state index < -0.39 is 0 Å². The molecule has 1 aliphatic heterocycles. The first kappa shape index (κ1) is 20.4. The summed E-state index contributed by atoms with van der Waals surface area (Å²) < 4.78 is 9.79. The van der Waals surface area contributed by atoms with Crippen LogP contribution in [0.15, 0.2) is 48.9 Å². The quantitative estimate of drug-likeness (QED) is 0.463. The molecule has 0 radical (unpaired) electrons. The molecule has 2 N–H and O–H groups in total. The standard InChI is InChI=1S/C23H28N8O/c1-16(2)19-15-27-31-21(19)28-23(32-18-8-5-10-24-14-18)29-22(31)25-13-17-7-3-4-9-20(17)30-12-6-11-26-30/h3-4,6-7,9,11-12,15-16,18,24H,5,8,10,13-14H2,1-2H3,(H,25,28,29)/t18-/m0/s1. The van der Waals surface area contributed by atoms with Crippen LogP contribution in [-0.4, -0.2) is 48.6 Å². The lowest BCUT2D eigenvalue weighted by atomic mass is 10.1. The van der Waals surface area contributed by atoms with Crippen molar-refractivity contribution in [1.29, 1.82) is 0 Å². The number of ether oxygens (including phenoxy) is 1. The van der Waals surface area contributed by atoms with Gasteiger partial charge in [-0.25, -0.2) is 4.68 Å². The summed E-state index contributed by atoms with van der Waals surface area (Å²) in [5.74, 6) is 0.899. The lowest BCUT2D eigenvalue weighted by Crippen LogP contribution is -2.37. The molecule has 4 heterocycles. The van der Waals surface area contributed by atoms with Crippen molar-refractivity contribution in [3.8, 4) is 11.7 Å². The van der Waals surface area contributed by atoms with Crippen molar-refractivity contribution < 1.29 is 4.74 Å². The SMILES string of the molecule is CC(C)c1cnn2c(NCc3ccccc3-n3cccn3)nc(O[C@H]3CCCNC3)nc12. The highest BCUT2D eigenvalue weighted by atomic mass is 16.5. The van der Waals surface area contributed by atoms with Crippen molar-refractivity contribution in [3.63, 3.8) is 0 Å². The third kappa shape index (κ3) is 4.16. The van der Waals surface area contributed by atoms with Gasteiger partial charge in [-0.2, -0.15) is 24.7 Å². The van der Waals surface area contributed by atoms with Crippen LogP contribution >= 0.6 is 0 Å². The van der Waals surface area contributed by atoms with Gasteiger partial charge in [0.25, 0.3) is 0 Å². The highest BCUT2D eigenvalue weighted by Gasteiger charge is 2.20. The van der Waals surface area contributed by atoms with Crippen LogP contribution in [0, 0.1) is 0 Å². The van der Waals surface area contributed by atoms with Gasteiger partial charge in [-0.3, -0.25) is 0 Å². The van der Waals surface area contributed by atoms with Crippen LogP contribution in [-0.2, 0) is 6.54 Å². The van der Waals surface area contributed by atoms with Crippen molar-refractivity contribution in [1.82, 2.24) is 34.7 Å². The number of hydrogen-bond donors (Lipinski definition) is 2. The molecule has 0 saturated carbocycles. The first-order chi connectivity index (χ1) is 15.7. The molecule has 1 aromatic carbocycles. The molecule has 0 spiro atoms. The van der Waals surface area contributed by atoms with Crippen LogP contribution in [0.1, 0.15) is 43.7 Å². The van der Waals surface area contributed by atoms with Crippen LogP contribution in [0.2, 0.25) is 0 Å². The second-order valence-electron chi connectivity index (χ2n) is 8.34. The molecule has 4 aromatic rings. The molecule has 166 valence electrons. The lowest BCUT2D eigenvalue weighted by molar-refractivity contribution is 0.153. The number of fused-ring (bicyclic) bond motifs is 1. The van der Waals surface area contributed by atoms with E-state index in [4.69, 9.17) is 9.72 Å². The number of rotatable bonds is 7. The van der Waals surface area contributed by atoms with Crippen molar-refractivity contribution in [2.24, 2.45) is 0 Å². The van der Waals surface area contributed by atoms with Crippen molar-refractivity contribution in [3.05, 3.63) is 60.0 Å². The molecule has 32 heavy (non-hydrogen) atoms. The molecule has 9 heteroatoms. The van der Waals surface area contributed by atoms with E-state index in [1.807, 2.05) is 35.3 Å². The second-order valence-corrected chi connectivity index (χ2v) is 8.34. The van der Waals surface area contributed by atoms with Gasteiger partial charge in [0.15, 0.2) is 5.65 Å². The van der Waals surface area contributed by atoms with Gasteiger partial charge in [0.1, 0.15) is 6.10 Å². The Morgan fingerprint density at radius 2 is 2.09 bits per heavy atom. The molecule has 0 aliphatic carbocycles. The summed E-state index contributed by atoms with van der Waals surface area (Å²) in [6.07, 6.45) is 7.74. The monoisotopic (exact) mass is 432 g/mol. The number of aromatic nitrogens is 6. The third-order valence-electron chi connectivity index (χ3n) is 5.70. The van der Waals surface area contributed by atoms with Crippen LogP contribution in [0.25, 0.3) is 11.3 Å². The van der Waals surface area contributed by atoms with Gasteiger partial charge in [-0.1, -0.05) is 32.0 Å². The Morgan fingerprint density at radius 1 is 1.19 bits per heavy atom. The van der Waals surface area contributed by atoms with E-state index in [0.29, 0.717) is 24.4 Å².